The quantitative estimate of drug-likeness (QED) is 0.515. The first-order valence-electron chi connectivity index (χ1n) is 8.51. The van der Waals surface area contributed by atoms with Crippen molar-refractivity contribution >= 4 is 12.1 Å². The van der Waals surface area contributed by atoms with Crippen molar-refractivity contribution in [1.82, 2.24) is 5.43 Å². The van der Waals surface area contributed by atoms with Gasteiger partial charge >= 0.3 is 0 Å². The number of carbonyl (C=O) groups excluding carboxylic acids is 1. The van der Waals surface area contributed by atoms with Crippen LogP contribution < -0.4 is 10.2 Å². The minimum Gasteiger partial charge on any atom is -0.508 e. The van der Waals surface area contributed by atoms with Crippen LogP contribution in [0.5, 0.6) is 11.5 Å². The number of carbonyl (C=O) groups is 1. The maximum absolute atomic E-state index is 12.1. The van der Waals surface area contributed by atoms with Crippen LogP contribution in [0.25, 0.3) is 0 Å². The Labute approximate surface area is 157 Å². The van der Waals surface area contributed by atoms with E-state index in [1.165, 1.54) is 11.8 Å². The van der Waals surface area contributed by atoms with Crippen LogP contribution in [0.4, 0.5) is 0 Å². The second-order valence-electron chi connectivity index (χ2n) is 6.09. The Hall–Kier alpha value is -3.60. The summed E-state index contributed by atoms with van der Waals surface area (Å²) in [5.74, 6) is 0.699. The molecule has 5 nitrogen and oxygen atoms in total. The molecule has 0 unspecified atom stereocenters. The molecule has 0 aliphatic rings. The smallest absolute Gasteiger partial charge is 0.271 e. The van der Waals surface area contributed by atoms with Gasteiger partial charge in [0.05, 0.1) is 6.21 Å². The average molecular weight is 360 g/mol. The molecule has 1 amide bonds. The standard InChI is InChI=1S/C22H20N2O3/c1-16-2-12-21(13-3-16)27-15-18-4-8-19(9-5-18)22(26)24-23-14-17-6-10-20(25)11-7-17/h2-14,25H,15H2,1H3,(H,24,26). The van der Waals surface area contributed by atoms with Crippen LogP contribution in [0, 0.1) is 6.92 Å². The van der Waals surface area contributed by atoms with Gasteiger partial charge in [-0.25, -0.2) is 5.43 Å². The minimum atomic E-state index is -0.295. The van der Waals surface area contributed by atoms with Gasteiger partial charge in [0, 0.05) is 5.56 Å². The van der Waals surface area contributed by atoms with Crippen molar-refractivity contribution < 1.29 is 14.6 Å². The van der Waals surface area contributed by atoms with Crippen LogP contribution in [-0.4, -0.2) is 17.2 Å². The topological polar surface area (TPSA) is 70.9 Å². The molecule has 3 rings (SSSR count). The average Bonchev–Trinajstić information content (AvgIpc) is 2.69. The third kappa shape index (κ3) is 5.44. The van der Waals surface area contributed by atoms with Gasteiger partial charge in [-0.05, 0) is 66.6 Å². The Kier molecular flexibility index (Phi) is 5.84. The normalized spacial score (nSPS) is 10.7. The van der Waals surface area contributed by atoms with E-state index in [1.54, 1.807) is 36.4 Å². The van der Waals surface area contributed by atoms with Crippen molar-refractivity contribution in [2.75, 3.05) is 0 Å². The number of aryl methyl sites for hydroxylation is 1. The molecule has 5 heteroatoms. The number of benzene rings is 3. The van der Waals surface area contributed by atoms with Gasteiger partial charge < -0.3 is 9.84 Å². The molecule has 0 aliphatic carbocycles. The molecule has 0 heterocycles. The second-order valence-corrected chi connectivity index (χ2v) is 6.09. The van der Waals surface area contributed by atoms with E-state index in [4.69, 9.17) is 4.74 Å². The highest BCUT2D eigenvalue weighted by molar-refractivity contribution is 5.94. The first-order chi connectivity index (χ1) is 13.1. The Morgan fingerprint density at radius 1 is 1.00 bits per heavy atom. The largest absolute Gasteiger partial charge is 0.508 e. The van der Waals surface area contributed by atoms with E-state index in [0.717, 1.165) is 16.9 Å². The zero-order valence-corrected chi connectivity index (χ0v) is 14.9. The summed E-state index contributed by atoms with van der Waals surface area (Å²) in [6, 6.07) is 21.6. The Morgan fingerprint density at radius 2 is 1.67 bits per heavy atom. The molecule has 3 aromatic carbocycles. The summed E-state index contributed by atoms with van der Waals surface area (Å²) in [7, 11) is 0. The van der Waals surface area contributed by atoms with Crippen molar-refractivity contribution in [3.8, 4) is 11.5 Å². The fourth-order valence-electron chi connectivity index (χ4n) is 2.34. The van der Waals surface area contributed by atoms with Gasteiger partial charge in [-0.15, -0.1) is 0 Å². The molecule has 0 atom stereocenters. The number of aromatic hydroxyl groups is 1. The summed E-state index contributed by atoms with van der Waals surface area (Å²) in [6.07, 6.45) is 1.52. The Bertz CT molecular complexity index is 915. The van der Waals surface area contributed by atoms with E-state index in [0.29, 0.717) is 12.2 Å². The summed E-state index contributed by atoms with van der Waals surface area (Å²) >= 11 is 0. The van der Waals surface area contributed by atoms with E-state index in [2.05, 4.69) is 10.5 Å². The number of rotatable bonds is 6. The molecule has 0 spiro atoms. The highest BCUT2D eigenvalue weighted by Gasteiger charge is 2.04. The molecule has 2 N–H and O–H groups in total. The van der Waals surface area contributed by atoms with Crippen molar-refractivity contribution in [3.63, 3.8) is 0 Å². The van der Waals surface area contributed by atoms with Crippen molar-refractivity contribution in [2.24, 2.45) is 5.10 Å². The number of phenolic OH excluding ortho intramolecular Hbond substituents is 1. The fraction of sp³-hybridized carbons (Fsp3) is 0.0909. The van der Waals surface area contributed by atoms with Crippen molar-refractivity contribution in [2.45, 2.75) is 13.5 Å². The van der Waals surface area contributed by atoms with E-state index < -0.39 is 0 Å². The van der Waals surface area contributed by atoms with Gasteiger partial charge in [0.2, 0.25) is 0 Å². The number of phenols is 1. The van der Waals surface area contributed by atoms with Crippen LogP contribution in [0.15, 0.2) is 77.9 Å². The van der Waals surface area contributed by atoms with Gasteiger partial charge in [0.25, 0.3) is 5.91 Å². The third-order valence-electron chi connectivity index (χ3n) is 3.92. The number of nitrogens with one attached hydrogen (secondary N) is 1. The summed E-state index contributed by atoms with van der Waals surface area (Å²) in [6.45, 7) is 2.46. The minimum absolute atomic E-state index is 0.183. The maximum atomic E-state index is 12.1. The monoisotopic (exact) mass is 360 g/mol. The predicted octanol–water partition coefficient (Wildman–Crippen LogP) is 4.04. The molecule has 0 fully saturated rings. The number of hydrogen-bond donors (Lipinski definition) is 2. The highest BCUT2D eigenvalue weighted by atomic mass is 16.5. The lowest BCUT2D eigenvalue weighted by Crippen LogP contribution is -2.17. The summed E-state index contributed by atoms with van der Waals surface area (Å²) in [5, 5.41) is 13.2. The van der Waals surface area contributed by atoms with Gasteiger partial charge in [-0.2, -0.15) is 5.10 Å². The van der Waals surface area contributed by atoms with E-state index in [-0.39, 0.29) is 11.7 Å². The zero-order chi connectivity index (χ0) is 19.1. The molecule has 0 aromatic heterocycles. The zero-order valence-electron chi connectivity index (χ0n) is 14.9. The fourth-order valence-corrected chi connectivity index (χ4v) is 2.34. The van der Waals surface area contributed by atoms with Crippen LogP contribution in [-0.2, 0) is 6.61 Å². The third-order valence-corrected chi connectivity index (χ3v) is 3.92. The van der Waals surface area contributed by atoms with Gasteiger partial charge in [0.1, 0.15) is 18.1 Å². The molecule has 3 aromatic rings. The van der Waals surface area contributed by atoms with E-state index in [1.807, 2.05) is 43.3 Å². The first kappa shape index (κ1) is 18.2. The molecular weight excluding hydrogens is 340 g/mol. The summed E-state index contributed by atoms with van der Waals surface area (Å²) in [4.78, 5) is 12.1. The summed E-state index contributed by atoms with van der Waals surface area (Å²) < 4.78 is 5.73. The number of amides is 1. The SMILES string of the molecule is Cc1ccc(OCc2ccc(C(=O)NN=Cc3ccc(O)cc3)cc2)cc1. The van der Waals surface area contributed by atoms with Crippen LogP contribution in [0.1, 0.15) is 27.0 Å². The number of ether oxygens (including phenoxy) is 1. The maximum Gasteiger partial charge on any atom is 0.271 e. The Morgan fingerprint density at radius 3 is 2.33 bits per heavy atom. The van der Waals surface area contributed by atoms with Gasteiger partial charge in [0.15, 0.2) is 0 Å². The van der Waals surface area contributed by atoms with Crippen molar-refractivity contribution in [1.29, 1.82) is 0 Å². The lowest BCUT2D eigenvalue weighted by molar-refractivity contribution is 0.0955. The van der Waals surface area contributed by atoms with Crippen LogP contribution in [0.2, 0.25) is 0 Å². The molecule has 0 saturated carbocycles. The first-order valence-corrected chi connectivity index (χ1v) is 8.51. The molecule has 0 radical (unpaired) electrons. The lowest BCUT2D eigenvalue weighted by atomic mass is 10.1. The number of nitrogens with zero attached hydrogens (tertiary/aromatic N) is 1. The van der Waals surface area contributed by atoms with Crippen molar-refractivity contribution in [3.05, 3.63) is 95.1 Å². The van der Waals surface area contributed by atoms with E-state index in [9.17, 15) is 9.90 Å². The van der Waals surface area contributed by atoms with E-state index >= 15 is 0 Å². The van der Waals surface area contributed by atoms with Crippen LogP contribution in [0.3, 0.4) is 0 Å². The molecule has 27 heavy (non-hydrogen) atoms. The number of hydrazone groups is 1. The molecule has 0 saturated heterocycles. The predicted molar refractivity (Wildman–Crippen MR) is 105 cm³/mol. The van der Waals surface area contributed by atoms with Crippen LogP contribution >= 0.6 is 0 Å². The second kappa shape index (κ2) is 8.67. The van der Waals surface area contributed by atoms with Gasteiger partial charge in [-0.1, -0.05) is 29.8 Å². The summed E-state index contributed by atoms with van der Waals surface area (Å²) in [5.41, 5.74) is 5.93. The number of hydrogen-bond acceptors (Lipinski definition) is 4. The molecular formula is C22H20N2O3. The van der Waals surface area contributed by atoms with Gasteiger partial charge in [-0.3, -0.25) is 4.79 Å². The molecule has 0 bridgehead atoms. The molecule has 0 aliphatic heterocycles. The molecule has 136 valence electrons. The lowest BCUT2D eigenvalue weighted by Gasteiger charge is -2.07. The highest BCUT2D eigenvalue weighted by Crippen LogP contribution is 2.14. The Balaban J connectivity index is 1.52.